The number of hydrogen-bond donors (Lipinski definition) is 2. The lowest BCUT2D eigenvalue weighted by Crippen LogP contribution is -2.27. The zero-order valence-electron chi connectivity index (χ0n) is 10.7. The summed E-state index contributed by atoms with van der Waals surface area (Å²) < 4.78 is 0. The van der Waals surface area contributed by atoms with Gasteiger partial charge in [-0.3, -0.25) is 0 Å². The number of aromatic hydroxyl groups is 1. The molecule has 1 unspecified atom stereocenters. The maximum atomic E-state index is 9.22. The molecule has 1 atom stereocenters. The van der Waals surface area contributed by atoms with Crippen LogP contribution in [0.25, 0.3) is 0 Å². The van der Waals surface area contributed by atoms with E-state index in [2.05, 4.69) is 22.6 Å². The summed E-state index contributed by atoms with van der Waals surface area (Å²) >= 11 is 1.68. The molecule has 4 heteroatoms. The molecule has 96 valence electrons. The minimum Gasteiger partial charge on any atom is -0.508 e. The molecule has 0 bridgehead atoms. The highest BCUT2D eigenvalue weighted by Gasteiger charge is 2.05. The van der Waals surface area contributed by atoms with Crippen LogP contribution in [0.4, 0.5) is 0 Å². The average Bonchev–Trinajstić information content (AvgIpc) is 2.76. The highest BCUT2D eigenvalue weighted by molar-refractivity contribution is 7.09. The molecule has 0 amide bonds. The lowest BCUT2D eigenvalue weighted by molar-refractivity contribution is 0.474. The van der Waals surface area contributed by atoms with Crippen LogP contribution in [-0.2, 0) is 13.0 Å². The third-order valence-electron chi connectivity index (χ3n) is 2.78. The molecule has 2 aromatic rings. The van der Waals surface area contributed by atoms with Crippen molar-refractivity contribution < 1.29 is 5.11 Å². The zero-order valence-corrected chi connectivity index (χ0v) is 11.5. The van der Waals surface area contributed by atoms with Gasteiger partial charge in [-0.1, -0.05) is 12.1 Å². The number of nitrogens with one attached hydrogen (secondary N) is 1. The molecule has 1 aromatic heterocycles. The van der Waals surface area contributed by atoms with Gasteiger partial charge in [0.05, 0.1) is 10.7 Å². The third kappa shape index (κ3) is 3.82. The minimum absolute atomic E-state index is 0.317. The van der Waals surface area contributed by atoms with Crippen molar-refractivity contribution in [1.29, 1.82) is 0 Å². The number of hydrogen-bond acceptors (Lipinski definition) is 4. The molecule has 2 rings (SSSR count). The molecule has 0 saturated heterocycles. The van der Waals surface area contributed by atoms with E-state index >= 15 is 0 Å². The lowest BCUT2D eigenvalue weighted by atomic mass is 10.1. The molecular weight excluding hydrogens is 244 g/mol. The highest BCUT2D eigenvalue weighted by Crippen LogP contribution is 2.12. The molecule has 0 fully saturated rings. The standard InChI is InChI=1S/C14H18N2OS/c1-10(7-12-3-5-14(17)6-4-12)15-8-13-9-18-11(2)16-13/h3-6,9-10,15,17H,7-8H2,1-2H3. The van der Waals surface area contributed by atoms with E-state index in [-0.39, 0.29) is 0 Å². The van der Waals surface area contributed by atoms with Gasteiger partial charge in [-0.2, -0.15) is 0 Å². The second-order valence-electron chi connectivity index (χ2n) is 4.51. The van der Waals surface area contributed by atoms with Gasteiger partial charge >= 0.3 is 0 Å². The van der Waals surface area contributed by atoms with Crippen molar-refractivity contribution in [3.63, 3.8) is 0 Å². The quantitative estimate of drug-likeness (QED) is 0.871. The Bertz CT molecular complexity index is 493. The smallest absolute Gasteiger partial charge is 0.115 e. The number of aromatic nitrogens is 1. The molecule has 0 aliphatic rings. The number of benzene rings is 1. The summed E-state index contributed by atoms with van der Waals surface area (Å²) in [6.45, 7) is 4.99. The van der Waals surface area contributed by atoms with E-state index in [1.54, 1.807) is 23.5 Å². The predicted octanol–water partition coefficient (Wildman–Crippen LogP) is 2.88. The Morgan fingerprint density at radius 1 is 1.33 bits per heavy atom. The van der Waals surface area contributed by atoms with Crippen LogP contribution in [0.3, 0.4) is 0 Å². The summed E-state index contributed by atoms with van der Waals surface area (Å²) in [5.41, 5.74) is 2.33. The number of aryl methyl sites for hydroxylation is 1. The summed E-state index contributed by atoms with van der Waals surface area (Å²) in [6.07, 6.45) is 0.948. The van der Waals surface area contributed by atoms with Gasteiger partial charge in [0.15, 0.2) is 0 Å². The number of phenolic OH excluding ortho intramolecular Hbond substituents is 1. The van der Waals surface area contributed by atoms with Gasteiger partial charge < -0.3 is 10.4 Å². The molecule has 1 heterocycles. The van der Waals surface area contributed by atoms with E-state index < -0.39 is 0 Å². The Morgan fingerprint density at radius 2 is 2.06 bits per heavy atom. The SMILES string of the molecule is Cc1nc(CNC(C)Cc2ccc(O)cc2)cs1. The average molecular weight is 262 g/mol. The van der Waals surface area contributed by atoms with Crippen LogP contribution >= 0.6 is 11.3 Å². The Balaban J connectivity index is 1.81. The van der Waals surface area contributed by atoms with Crippen molar-refractivity contribution in [3.05, 3.63) is 45.9 Å². The second kappa shape index (κ2) is 5.98. The van der Waals surface area contributed by atoms with Gasteiger partial charge in [-0.15, -0.1) is 11.3 Å². The van der Waals surface area contributed by atoms with Crippen LogP contribution in [0.5, 0.6) is 5.75 Å². The Labute approximate surface area is 112 Å². The van der Waals surface area contributed by atoms with Crippen LogP contribution in [-0.4, -0.2) is 16.1 Å². The molecule has 0 spiro atoms. The zero-order chi connectivity index (χ0) is 13.0. The van der Waals surface area contributed by atoms with Gasteiger partial charge in [-0.05, 0) is 38.0 Å². The van der Waals surface area contributed by atoms with E-state index in [1.165, 1.54) is 5.56 Å². The molecule has 0 saturated carbocycles. The summed E-state index contributed by atoms with van der Waals surface area (Å²) in [5, 5.41) is 15.9. The van der Waals surface area contributed by atoms with Gasteiger partial charge in [0.25, 0.3) is 0 Å². The van der Waals surface area contributed by atoms with Crippen molar-refractivity contribution >= 4 is 11.3 Å². The third-order valence-corrected chi connectivity index (χ3v) is 3.60. The topological polar surface area (TPSA) is 45.2 Å². The van der Waals surface area contributed by atoms with E-state index in [4.69, 9.17) is 0 Å². The monoisotopic (exact) mass is 262 g/mol. The van der Waals surface area contributed by atoms with Crippen LogP contribution in [0.1, 0.15) is 23.2 Å². The van der Waals surface area contributed by atoms with Gasteiger partial charge in [0.2, 0.25) is 0 Å². The summed E-state index contributed by atoms with van der Waals surface area (Å²) in [5.74, 6) is 0.317. The normalized spacial score (nSPS) is 12.6. The predicted molar refractivity (Wildman–Crippen MR) is 75.0 cm³/mol. The molecule has 0 aliphatic carbocycles. The van der Waals surface area contributed by atoms with E-state index in [0.717, 1.165) is 23.7 Å². The summed E-state index contributed by atoms with van der Waals surface area (Å²) in [4.78, 5) is 4.42. The van der Waals surface area contributed by atoms with Gasteiger partial charge in [-0.25, -0.2) is 4.98 Å². The van der Waals surface area contributed by atoms with Crippen LogP contribution < -0.4 is 5.32 Å². The first kappa shape index (κ1) is 13.1. The van der Waals surface area contributed by atoms with Gasteiger partial charge in [0.1, 0.15) is 5.75 Å². The fourth-order valence-corrected chi connectivity index (χ4v) is 2.44. The Hall–Kier alpha value is -1.39. The molecule has 0 radical (unpaired) electrons. The second-order valence-corrected chi connectivity index (χ2v) is 5.57. The highest BCUT2D eigenvalue weighted by atomic mass is 32.1. The number of rotatable bonds is 5. The minimum atomic E-state index is 0.317. The van der Waals surface area contributed by atoms with E-state index in [9.17, 15) is 5.11 Å². The molecule has 3 nitrogen and oxygen atoms in total. The fraction of sp³-hybridized carbons (Fsp3) is 0.357. The van der Waals surface area contributed by atoms with Crippen molar-refractivity contribution in [3.8, 4) is 5.75 Å². The van der Waals surface area contributed by atoms with E-state index in [0.29, 0.717) is 11.8 Å². The Morgan fingerprint density at radius 3 is 2.67 bits per heavy atom. The largest absolute Gasteiger partial charge is 0.508 e. The summed E-state index contributed by atoms with van der Waals surface area (Å²) in [7, 11) is 0. The lowest BCUT2D eigenvalue weighted by Gasteiger charge is -2.13. The molecular formula is C14H18N2OS. The Kier molecular flexibility index (Phi) is 4.33. The first-order valence-corrected chi connectivity index (χ1v) is 6.94. The maximum Gasteiger partial charge on any atom is 0.115 e. The maximum absolute atomic E-state index is 9.22. The molecule has 2 N–H and O–H groups in total. The number of thiazole rings is 1. The molecule has 1 aromatic carbocycles. The van der Waals surface area contributed by atoms with Crippen molar-refractivity contribution in [2.75, 3.05) is 0 Å². The molecule has 0 aliphatic heterocycles. The van der Waals surface area contributed by atoms with Crippen molar-refractivity contribution in [2.45, 2.75) is 32.9 Å². The van der Waals surface area contributed by atoms with Crippen molar-refractivity contribution in [1.82, 2.24) is 10.3 Å². The van der Waals surface area contributed by atoms with Gasteiger partial charge in [0, 0.05) is 18.0 Å². The van der Waals surface area contributed by atoms with Crippen LogP contribution in [0, 0.1) is 6.92 Å². The van der Waals surface area contributed by atoms with E-state index in [1.807, 2.05) is 19.1 Å². The van der Waals surface area contributed by atoms with Crippen molar-refractivity contribution in [2.24, 2.45) is 0 Å². The number of phenols is 1. The van der Waals surface area contributed by atoms with Crippen LogP contribution in [0.15, 0.2) is 29.6 Å². The number of nitrogens with zero attached hydrogens (tertiary/aromatic N) is 1. The van der Waals surface area contributed by atoms with Crippen LogP contribution in [0.2, 0.25) is 0 Å². The first-order valence-electron chi connectivity index (χ1n) is 6.06. The molecule has 18 heavy (non-hydrogen) atoms. The first-order chi connectivity index (χ1) is 8.63. The summed E-state index contributed by atoms with van der Waals surface area (Å²) in [6, 6.07) is 7.76. The fourth-order valence-electron chi connectivity index (χ4n) is 1.83.